The van der Waals surface area contributed by atoms with Crippen LogP contribution in [0.25, 0.3) is 11.3 Å². The third-order valence-electron chi connectivity index (χ3n) is 3.69. The van der Waals surface area contributed by atoms with Crippen molar-refractivity contribution in [3.05, 3.63) is 64.7 Å². The summed E-state index contributed by atoms with van der Waals surface area (Å²) in [5.74, 6) is 0. The van der Waals surface area contributed by atoms with Gasteiger partial charge in [-0.15, -0.1) is 0 Å². The number of rotatable bonds is 6. The van der Waals surface area contributed by atoms with E-state index >= 15 is 0 Å². The number of hydrogen-bond donors (Lipinski definition) is 2. The molecule has 1 amide bonds. The molecule has 0 aliphatic carbocycles. The lowest BCUT2D eigenvalue weighted by molar-refractivity contribution is 0.168. The lowest BCUT2D eigenvalue weighted by atomic mass is 10.1. The van der Waals surface area contributed by atoms with Crippen LogP contribution in [0.5, 0.6) is 0 Å². The van der Waals surface area contributed by atoms with E-state index in [9.17, 15) is 4.79 Å². The maximum Gasteiger partial charge on any atom is 0.412 e. The minimum Gasteiger partial charge on any atom is -0.450 e. The van der Waals surface area contributed by atoms with Gasteiger partial charge in [0.1, 0.15) is 10.7 Å². The highest BCUT2D eigenvalue weighted by molar-refractivity contribution is 7.20. The highest BCUT2D eigenvalue weighted by atomic mass is 35.5. The largest absolute Gasteiger partial charge is 0.450 e. The maximum atomic E-state index is 11.9. The zero-order chi connectivity index (χ0) is 19.9. The van der Waals surface area contributed by atoms with E-state index in [1.165, 1.54) is 11.3 Å². The van der Waals surface area contributed by atoms with Crippen molar-refractivity contribution in [2.24, 2.45) is 5.10 Å². The number of hydrogen-bond acceptors (Lipinski definition) is 6. The SMILES string of the molecule is CCOC(=O)Nc1sc(N/N=C\c2ccc(Cl)cc2)nc1-c1ccc(C)cc1. The van der Waals surface area contributed by atoms with Crippen molar-refractivity contribution >= 4 is 45.4 Å². The fourth-order valence-electron chi connectivity index (χ4n) is 2.33. The van der Waals surface area contributed by atoms with Crippen molar-refractivity contribution < 1.29 is 9.53 Å². The van der Waals surface area contributed by atoms with Gasteiger partial charge in [-0.3, -0.25) is 10.7 Å². The Kier molecular flexibility index (Phi) is 6.62. The number of carbonyl (C=O) groups is 1. The standard InChI is InChI=1S/C20H19ClN4O2S/c1-3-27-20(26)24-18-17(15-8-4-13(2)5-9-15)23-19(28-18)25-22-12-14-6-10-16(21)11-7-14/h4-12H,3H2,1-2H3,(H,23,25)(H,24,26)/b22-12-. The Morgan fingerprint density at radius 3 is 2.61 bits per heavy atom. The van der Waals surface area contributed by atoms with Gasteiger partial charge in [-0.1, -0.05) is 64.9 Å². The summed E-state index contributed by atoms with van der Waals surface area (Å²) in [4.78, 5) is 16.4. The fraction of sp³-hybridized carbons (Fsp3) is 0.150. The second-order valence-corrected chi connectivity index (χ2v) is 7.27. The number of benzene rings is 2. The van der Waals surface area contributed by atoms with Crippen LogP contribution >= 0.6 is 22.9 Å². The summed E-state index contributed by atoms with van der Waals surface area (Å²) in [6.07, 6.45) is 1.15. The van der Waals surface area contributed by atoms with Crippen LogP contribution in [0.2, 0.25) is 5.02 Å². The Morgan fingerprint density at radius 1 is 1.21 bits per heavy atom. The Balaban J connectivity index is 1.82. The lowest BCUT2D eigenvalue weighted by Crippen LogP contribution is -2.12. The van der Waals surface area contributed by atoms with Gasteiger partial charge in [-0.05, 0) is 31.5 Å². The van der Waals surface area contributed by atoms with Gasteiger partial charge in [0.25, 0.3) is 0 Å². The molecule has 0 spiro atoms. The van der Waals surface area contributed by atoms with E-state index in [0.717, 1.165) is 16.7 Å². The van der Waals surface area contributed by atoms with Crippen LogP contribution in [0.15, 0.2) is 53.6 Å². The molecule has 2 aromatic carbocycles. The van der Waals surface area contributed by atoms with Crippen molar-refractivity contribution in [3.8, 4) is 11.3 Å². The Bertz CT molecular complexity index is 969. The number of anilines is 2. The van der Waals surface area contributed by atoms with Gasteiger partial charge in [0.2, 0.25) is 5.13 Å². The minimum atomic E-state index is -0.518. The summed E-state index contributed by atoms with van der Waals surface area (Å²) in [5.41, 5.74) is 6.50. The van der Waals surface area contributed by atoms with Gasteiger partial charge in [-0.2, -0.15) is 5.10 Å². The molecule has 1 heterocycles. The second-order valence-electron chi connectivity index (χ2n) is 5.83. The molecule has 0 aliphatic heterocycles. The molecule has 144 valence electrons. The minimum absolute atomic E-state index is 0.293. The summed E-state index contributed by atoms with van der Waals surface area (Å²) in [5, 5.41) is 8.76. The van der Waals surface area contributed by atoms with Crippen LogP contribution < -0.4 is 10.7 Å². The van der Waals surface area contributed by atoms with E-state index in [-0.39, 0.29) is 0 Å². The maximum absolute atomic E-state index is 11.9. The first-order chi connectivity index (χ1) is 13.5. The normalized spacial score (nSPS) is 10.8. The third kappa shape index (κ3) is 5.31. The van der Waals surface area contributed by atoms with E-state index in [1.54, 1.807) is 25.3 Å². The van der Waals surface area contributed by atoms with Gasteiger partial charge < -0.3 is 4.74 Å². The summed E-state index contributed by atoms with van der Waals surface area (Å²) in [6, 6.07) is 15.2. The number of aryl methyl sites for hydroxylation is 1. The van der Waals surface area contributed by atoms with E-state index in [2.05, 4.69) is 20.8 Å². The molecule has 3 rings (SSSR count). The van der Waals surface area contributed by atoms with Crippen molar-refractivity contribution in [3.63, 3.8) is 0 Å². The zero-order valence-corrected chi connectivity index (χ0v) is 17.0. The van der Waals surface area contributed by atoms with E-state index in [1.807, 2.05) is 43.3 Å². The fourth-order valence-corrected chi connectivity index (χ4v) is 3.28. The first kappa shape index (κ1) is 19.9. The van der Waals surface area contributed by atoms with Crippen molar-refractivity contribution in [2.45, 2.75) is 13.8 Å². The molecule has 0 saturated heterocycles. The number of hydrazone groups is 1. The first-order valence-electron chi connectivity index (χ1n) is 8.61. The molecule has 0 atom stereocenters. The van der Waals surface area contributed by atoms with E-state index in [0.29, 0.717) is 27.5 Å². The summed E-state index contributed by atoms with van der Waals surface area (Å²) < 4.78 is 4.98. The Labute approximate surface area is 172 Å². The molecule has 1 aromatic heterocycles. The molecule has 0 radical (unpaired) electrons. The van der Waals surface area contributed by atoms with Crippen molar-refractivity contribution in [1.29, 1.82) is 0 Å². The zero-order valence-electron chi connectivity index (χ0n) is 15.4. The monoisotopic (exact) mass is 414 g/mol. The molecule has 6 nitrogen and oxygen atoms in total. The van der Waals surface area contributed by atoms with Crippen LogP contribution in [-0.4, -0.2) is 23.9 Å². The van der Waals surface area contributed by atoms with E-state index in [4.69, 9.17) is 16.3 Å². The van der Waals surface area contributed by atoms with Crippen molar-refractivity contribution in [2.75, 3.05) is 17.3 Å². The topological polar surface area (TPSA) is 75.6 Å². The summed E-state index contributed by atoms with van der Waals surface area (Å²) >= 11 is 7.16. The average molecular weight is 415 g/mol. The van der Waals surface area contributed by atoms with Crippen LogP contribution in [-0.2, 0) is 4.74 Å². The summed E-state index contributed by atoms with van der Waals surface area (Å²) in [6.45, 7) is 4.06. The molecule has 2 N–H and O–H groups in total. The number of amides is 1. The number of ether oxygens (including phenoxy) is 1. The van der Waals surface area contributed by atoms with Crippen molar-refractivity contribution in [1.82, 2.24) is 4.98 Å². The molecule has 3 aromatic rings. The van der Waals surface area contributed by atoms with Crippen LogP contribution in [0.3, 0.4) is 0 Å². The number of halogens is 1. The predicted molar refractivity (Wildman–Crippen MR) is 116 cm³/mol. The number of thiazole rings is 1. The Morgan fingerprint density at radius 2 is 1.93 bits per heavy atom. The molecule has 0 unspecified atom stereocenters. The highest BCUT2D eigenvalue weighted by Crippen LogP contribution is 2.36. The second kappa shape index (κ2) is 9.34. The number of carbonyl (C=O) groups excluding carboxylic acids is 1. The number of nitrogens with zero attached hydrogens (tertiary/aromatic N) is 2. The quantitative estimate of drug-likeness (QED) is 0.395. The van der Waals surface area contributed by atoms with Gasteiger partial charge in [0.05, 0.1) is 12.8 Å². The molecule has 0 fully saturated rings. The van der Waals surface area contributed by atoms with Gasteiger partial charge in [-0.25, -0.2) is 9.78 Å². The molecule has 8 heteroatoms. The molecular formula is C20H19ClN4O2S. The molecule has 28 heavy (non-hydrogen) atoms. The molecular weight excluding hydrogens is 396 g/mol. The number of nitrogens with one attached hydrogen (secondary N) is 2. The first-order valence-corrected chi connectivity index (χ1v) is 9.81. The summed E-state index contributed by atoms with van der Waals surface area (Å²) in [7, 11) is 0. The van der Waals surface area contributed by atoms with Crippen LogP contribution in [0, 0.1) is 6.92 Å². The number of aromatic nitrogens is 1. The smallest absolute Gasteiger partial charge is 0.412 e. The Hall–Kier alpha value is -2.90. The molecule has 0 aliphatic rings. The molecule has 0 saturated carbocycles. The lowest BCUT2D eigenvalue weighted by Gasteiger charge is -2.05. The third-order valence-corrected chi connectivity index (χ3v) is 4.81. The van der Waals surface area contributed by atoms with Gasteiger partial charge in [0.15, 0.2) is 0 Å². The molecule has 0 bridgehead atoms. The van der Waals surface area contributed by atoms with Crippen LogP contribution in [0.4, 0.5) is 14.9 Å². The van der Waals surface area contributed by atoms with E-state index < -0.39 is 6.09 Å². The predicted octanol–water partition coefficient (Wildman–Crippen LogP) is 5.79. The van der Waals surface area contributed by atoms with Crippen LogP contribution in [0.1, 0.15) is 18.1 Å². The average Bonchev–Trinajstić information content (AvgIpc) is 3.06. The highest BCUT2D eigenvalue weighted by Gasteiger charge is 2.16. The van der Waals surface area contributed by atoms with Gasteiger partial charge in [0, 0.05) is 10.6 Å². The van der Waals surface area contributed by atoms with Gasteiger partial charge >= 0.3 is 6.09 Å².